The van der Waals surface area contributed by atoms with Gasteiger partial charge in [0.15, 0.2) is 18.9 Å². The van der Waals surface area contributed by atoms with E-state index in [4.69, 9.17) is 43.6 Å². The normalized spacial score (nSPS) is 50.0. The molecule has 21 heteroatoms. The Morgan fingerprint density at radius 2 is 1.06 bits per heavy atom. The fourth-order valence-corrected chi connectivity index (χ4v) is 5.76. The largest absolute Gasteiger partial charge is 0.668 e. The molecule has 48 heavy (non-hydrogen) atoms. The maximum atomic E-state index is 11.0. The van der Waals surface area contributed by atoms with Gasteiger partial charge in [0.2, 0.25) is 0 Å². The number of rotatable bonds is 12. The van der Waals surface area contributed by atoms with E-state index in [9.17, 15) is 56.2 Å². The first-order valence-electron chi connectivity index (χ1n) is 15.1. The number of aliphatic hydroxyl groups excluding tert-OH is 11. The zero-order valence-electron chi connectivity index (χ0n) is 25.9. The van der Waals surface area contributed by atoms with Crippen LogP contribution in [0.5, 0.6) is 0 Å². The maximum Gasteiger partial charge on any atom is 0.187 e. The minimum Gasteiger partial charge on any atom is -0.668 e. The van der Waals surface area contributed by atoms with Crippen molar-refractivity contribution in [3.05, 3.63) is 18.4 Å². The molecule has 4 saturated heterocycles. The summed E-state index contributed by atoms with van der Waals surface area (Å²) in [5.74, 6) is 0. The van der Waals surface area contributed by atoms with Crippen LogP contribution in [0.15, 0.2) is 12.7 Å². The summed E-state index contributed by atoms with van der Waals surface area (Å²) in [5.41, 5.74) is 8.83. The Balaban J connectivity index is 0.00000625. The Kier molecular flexibility index (Phi) is 16.9. The number of aliphatic hydroxyl groups is 11. The van der Waals surface area contributed by atoms with Crippen molar-refractivity contribution in [1.29, 1.82) is 0 Å². The third-order valence-corrected chi connectivity index (χ3v) is 8.56. The molecule has 1 radical (unpaired) electrons. The van der Waals surface area contributed by atoms with Crippen molar-refractivity contribution in [1.82, 2.24) is 0 Å². The molecule has 277 valence electrons. The summed E-state index contributed by atoms with van der Waals surface area (Å²) in [6.07, 6.45) is -29.7. The van der Waals surface area contributed by atoms with E-state index in [2.05, 4.69) is 6.58 Å². The second-order valence-electron chi connectivity index (χ2n) is 11.8. The van der Waals surface area contributed by atoms with Gasteiger partial charge >= 0.3 is 0 Å². The van der Waals surface area contributed by atoms with Crippen molar-refractivity contribution in [3.63, 3.8) is 0 Å². The molecule has 0 saturated carbocycles. The average molecular weight is 916 g/mol. The smallest absolute Gasteiger partial charge is 0.187 e. The monoisotopic (exact) mass is 915 g/mol. The summed E-state index contributed by atoms with van der Waals surface area (Å²) < 4.78 is 44.7. The molecule has 4 rings (SSSR count). The van der Waals surface area contributed by atoms with E-state index in [1.165, 1.54) is 13.0 Å². The summed E-state index contributed by atoms with van der Waals surface area (Å²) in [7, 11) is 0. The van der Waals surface area contributed by atoms with Crippen LogP contribution in [-0.2, 0) is 37.9 Å². The van der Waals surface area contributed by atoms with Gasteiger partial charge in [-0.05, 0) is 6.92 Å². The van der Waals surface area contributed by atoms with Gasteiger partial charge in [0.05, 0.1) is 38.6 Å². The number of ether oxygens (including phenoxy) is 8. The van der Waals surface area contributed by atoms with Crippen molar-refractivity contribution >= 4 is 0 Å². The van der Waals surface area contributed by atoms with E-state index in [1.54, 1.807) is 0 Å². The number of hydrogen-bond donors (Lipinski definition) is 11. The Hall–Kier alpha value is 0.382. The van der Waals surface area contributed by atoms with Crippen LogP contribution in [0.25, 0.3) is 5.73 Å². The second-order valence-corrected chi connectivity index (χ2v) is 11.8. The molecule has 0 spiro atoms. The fourth-order valence-electron chi connectivity index (χ4n) is 5.76. The Morgan fingerprint density at radius 1 is 0.562 bits per heavy atom. The van der Waals surface area contributed by atoms with Crippen LogP contribution in [0, 0.1) is 44.1 Å². The zero-order valence-corrected chi connectivity index (χ0v) is 30.7. The molecule has 0 aromatic carbocycles. The molecule has 4 aliphatic heterocycles. The van der Waals surface area contributed by atoms with Crippen molar-refractivity contribution in [2.24, 2.45) is 0 Å². The van der Waals surface area contributed by atoms with Gasteiger partial charge in [0.25, 0.3) is 0 Å². The first-order valence-corrected chi connectivity index (χ1v) is 15.1. The van der Waals surface area contributed by atoms with Crippen LogP contribution in [0.1, 0.15) is 6.92 Å². The first-order chi connectivity index (χ1) is 22.3. The molecule has 0 amide bonds. The van der Waals surface area contributed by atoms with Crippen LogP contribution >= 0.6 is 0 Å². The number of hydrogen-bond acceptors (Lipinski definition) is 19. The van der Waals surface area contributed by atoms with Crippen LogP contribution < -0.4 is 0 Å². The van der Waals surface area contributed by atoms with E-state index < -0.39 is 143 Å². The topological polar surface area (TPSA) is 320 Å². The zero-order chi connectivity index (χ0) is 34.7. The Morgan fingerprint density at radius 3 is 1.65 bits per heavy atom. The molecular formula is C27H46AcNO19-. The van der Waals surface area contributed by atoms with Gasteiger partial charge in [-0.3, -0.25) is 0 Å². The maximum absolute atomic E-state index is 11.0. The summed E-state index contributed by atoms with van der Waals surface area (Å²) in [6, 6.07) is -1.76. The van der Waals surface area contributed by atoms with Gasteiger partial charge in [-0.2, -0.15) is 0 Å². The minimum absolute atomic E-state index is 0. The molecule has 4 aliphatic rings. The molecular weight excluding hydrogens is 869 g/mol. The summed E-state index contributed by atoms with van der Waals surface area (Å²) in [4.78, 5) is 0. The van der Waals surface area contributed by atoms with E-state index >= 15 is 0 Å². The van der Waals surface area contributed by atoms with Crippen LogP contribution in [0.3, 0.4) is 0 Å². The molecule has 0 aromatic rings. The molecule has 4 fully saturated rings. The van der Waals surface area contributed by atoms with Crippen LogP contribution in [0.2, 0.25) is 0 Å². The molecule has 0 bridgehead atoms. The standard InChI is InChI=1S/C27H46NO19.Ac/c1-3-4-40-25-20(39)22(16(35)11(7-31)43-25)46-24-12(28)21(15(34)10(6-30)42-24)45-27-23(18(37)14(33)9(5-29)44-27)47-26-19(38)17(36)13(32)8(2)41-26;/h3,8-39H,1,4-7H2,2H3;/q-1;/t8?,9?,10?,11?,12?,13-,14-,15-,16-,17?,18?,19?,20?,21?,22?,23?,24?,25+,26-,27-;/m0./s1. The number of nitrogens with one attached hydrogen (secondary N) is 1. The van der Waals surface area contributed by atoms with Crippen molar-refractivity contribution in [3.8, 4) is 0 Å². The van der Waals surface area contributed by atoms with E-state index in [0.717, 1.165) is 0 Å². The predicted molar refractivity (Wildman–Crippen MR) is 149 cm³/mol. The minimum atomic E-state index is -1.90. The predicted octanol–water partition coefficient (Wildman–Crippen LogP) is -6.45. The molecule has 12 N–H and O–H groups in total. The molecule has 20 nitrogen and oxygen atoms in total. The quantitative estimate of drug-likeness (QED) is 0.0811. The van der Waals surface area contributed by atoms with Crippen LogP contribution in [0.4, 0.5) is 0 Å². The van der Waals surface area contributed by atoms with Crippen molar-refractivity contribution < 1.29 is 138 Å². The average Bonchev–Trinajstić information content (AvgIpc) is 3.06. The van der Waals surface area contributed by atoms with E-state index in [1.807, 2.05) is 0 Å². The van der Waals surface area contributed by atoms with Crippen LogP contribution in [-0.4, -0.2) is 205 Å². The van der Waals surface area contributed by atoms with E-state index in [0.29, 0.717) is 0 Å². The summed E-state index contributed by atoms with van der Waals surface area (Å²) in [6.45, 7) is 2.40. The third kappa shape index (κ3) is 9.11. The summed E-state index contributed by atoms with van der Waals surface area (Å²) in [5, 5.41) is 114. The van der Waals surface area contributed by atoms with Gasteiger partial charge in [-0.25, -0.2) is 0 Å². The van der Waals surface area contributed by atoms with Gasteiger partial charge < -0.3 is 99.8 Å². The Labute approximate surface area is 311 Å². The Bertz CT molecular complexity index is 991. The van der Waals surface area contributed by atoms with E-state index in [-0.39, 0.29) is 50.7 Å². The van der Waals surface area contributed by atoms with Crippen molar-refractivity contribution in [2.75, 3.05) is 26.4 Å². The SMILES string of the molecule is C=CCO[C@@H]1OC(CO)[C@H](O)C(OC2OC(CO)[C@H](O)C(O[C@@H]3OC(CO)[C@H](O)C(O)C3O[C@@H]3OC(C)[C@H](O)C(O)C3O)C2[NH-])C1O.[Ac]. The summed E-state index contributed by atoms with van der Waals surface area (Å²) >= 11 is 0. The molecule has 4 heterocycles. The molecule has 13 unspecified atom stereocenters. The van der Waals surface area contributed by atoms with Crippen molar-refractivity contribution in [2.45, 2.75) is 130 Å². The molecule has 0 aliphatic carbocycles. The van der Waals surface area contributed by atoms with Gasteiger partial charge in [-0.15, -0.1) is 6.58 Å². The first kappa shape index (κ1) is 42.8. The molecule has 0 aromatic heterocycles. The van der Waals surface area contributed by atoms with Gasteiger partial charge in [0.1, 0.15) is 85.6 Å². The molecule has 20 atom stereocenters. The fraction of sp³-hybridized carbons (Fsp3) is 0.926. The second kappa shape index (κ2) is 18.9. The third-order valence-electron chi connectivity index (χ3n) is 8.56. The van der Waals surface area contributed by atoms with Gasteiger partial charge in [0, 0.05) is 44.1 Å². The van der Waals surface area contributed by atoms with Gasteiger partial charge in [-0.1, -0.05) is 12.1 Å².